The average Bonchev–Trinajstić information content (AvgIpc) is 2.72. The van der Waals surface area contributed by atoms with E-state index in [4.69, 9.17) is 0 Å². The van der Waals surface area contributed by atoms with E-state index in [1.807, 2.05) is 12.4 Å². The van der Waals surface area contributed by atoms with Crippen LogP contribution in [0.2, 0.25) is 0 Å². The Balaban J connectivity index is 2.36. The third kappa shape index (κ3) is 3.55. The Labute approximate surface area is 92.3 Å². The summed E-state index contributed by atoms with van der Waals surface area (Å²) < 4.78 is 2.15. The SMILES string of the molecule is CCCNCCN(C)c1nccn1CC. The van der Waals surface area contributed by atoms with Gasteiger partial charge >= 0.3 is 0 Å². The van der Waals surface area contributed by atoms with Crippen molar-refractivity contribution >= 4 is 5.95 Å². The van der Waals surface area contributed by atoms with Gasteiger partial charge < -0.3 is 14.8 Å². The Hall–Kier alpha value is -1.03. The lowest BCUT2D eigenvalue weighted by atomic mass is 10.4. The van der Waals surface area contributed by atoms with Gasteiger partial charge in [0, 0.05) is 39.1 Å². The van der Waals surface area contributed by atoms with Crippen LogP contribution in [0.15, 0.2) is 12.4 Å². The molecule has 0 spiro atoms. The van der Waals surface area contributed by atoms with Crippen LogP contribution in [0.25, 0.3) is 0 Å². The van der Waals surface area contributed by atoms with Gasteiger partial charge in [-0.3, -0.25) is 0 Å². The highest BCUT2D eigenvalue weighted by Gasteiger charge is 2.05. The Morgan fingerprint density at radius 3 is 2.87 bits per heavy atom. The van der Waals surface area contributed by atoms with Gasteiger partial charge in [0.05, 0.1) is 0 Å². The molecule has 86 valence electrons. The van der Waals surface area contributed by atoms with E-state index < -0.39 is 0 Å². The van der Waals surface area contributed by atoms with Gasteiger partial charge in [-0.05, 0) is 19.9 Å². The molecule has 1 aromatic heterocycles. The van der Waals surface area contributed by atoms with Crippen LogP contribution in [0.4, 0.5) is 5.95 Å². The number of hydrogen-bond acceptors (Lipinski definition) is 3. The maximum atomic E-state index is 4.35. The Morgan fingerprint density at radius 2 is 2.20 bits per heavy atom. The molecule has 0 aromatic carbocycles. The van der Waals surface area contributed by atoms with E-state index in [0.717, 1.165) is 32.1 Å². The number of rotatable bonds is 7. The van der Waals surface area contributed by atoms with Gasteiger partial charge in [0.25, 0.3) is 0 Å². The molecule has 0 aliphatic rings. The van der Waals surface area contributed by atoms with Gasteiger partial charge in [-0.1, -0.05) is 6.92 Å². The van der Waals surface area contributed by atoms with Crippen molar-refractivity contribution in [2.75, 3.05) is 31.6 Å². The van der Waals surface area contributed by atoms with Crippen molar-refractivity contribution in [3.05, 3.63) is 12.4 Å². The van der Waals surface area contributed by atoms with Crippen LogP contribution in [-0.2, 0) is 6.54 Å². The van der Waals surface area contributed by atoms with E-state index in [1.54, 1.807) is 0 Å². The molecule has 1 rings (SSSR count). The zero-order valence-electron chi connectivity index (χ0n) is 10.0. The molecule has 0 aliphatic carbocycles. The highest BCUT2D eigenvalue weighted by Crippen LogP contribution is 2.08. The summed E-state index contributed by atoms with van der Waals surface area (Å²) in [7, 11) is 2.09. The number of aromatic nitrogens is 2. The normalized spacial score (nSPS) is 10.6. The molecule has 1 N–H and O–H groups in total. The second-order valence-corrected chi connectivity index (χ2v) is 3.68. The first-order valence-corrected chi connectivity index (χ1v) is 5.72. The maximum Gasteiger partial charge on any atom is 0.205 e. The molecule has 4 nitrogen and oxygen atoms in total. The van der Waals surface area contributed by atoms with Crippen LogP contribution >= 0.6 is 0 Å². The van der Waals surface area contributed by atoms with Gasteiger partial charge in [-0.15, -0.1) is 0 Å². The van der Waals surface area contributed by atoms with Crippen molar-refractivity contribution in [1.82, 2.24) is 14.9 Å². The van der Waals surface area contributed by atoms with E-state index in [2.05, 4.69) is 40.7 Å². The largest absolute Gasteiger partial charge is 0.344 e. The van der Waals surface area contributed by atoms with Gasteiger partial charge in [-0.2, -0.15) is 0 Å². The summed E-state index contributed by atoms with van der Waals surface area (Å²) in [6.07, 6.45) is 5.06. The van der Waals surface area contributed by atoms with Gasteiger partial charge in [0.2, 0.25) is 5.95 Å². The van der Waals surface area contributed by atoms with Crippen molar-refractivity contribution in [2.45, 2.75) is 26.8 Å². The molecule has 0 fully saturated rings. The smallest absolute Gasteiger partial charge is 0.205 e. The quantitative estimate of drug-likeness (QED) is 0.689. The summed E-state index contributed by atoms with van der Waals surface area (Å²) in [6.45, 7) is 8.39. The third-order valence-electron chi connectivity index (χ3n) is 2.43. The Bertz CT molecular complexity index is 269. The van der Waals surface area contributed by atoms with Crippen LogP contribution < -0.4 is 10.2 Å². The molecule has 1 heterocycles. The van der Waals surface area contributed by atoms with Crippen molar-refractivity contribution in [3.8, 4) is 0 Å². The van der Waals surface area contributed by atoms with E-state index in [9.17, 15) is 0 Å². The molecule has 15 heavy (non-hydrogen) atoms. The lowest BCUT2D eigenvalue weighted by Crippen LogP contribution is -2.31. The number of anilines is 1. The summed E-state index contributed by atoms with van der Waals surface area (Å²) in [6, 6.07) is 0. The van der Waals surface area contributed by atoms with E-state index in [1.165, 1.54) is 6.42 Å². The minimum Gasteiger partial charge on any atom is -0.344 e. The fourth-order valence-corrected chi connectivity index (χ4v) is 1.53. The lowest BCUT2D eigenvalue weighted by molar-refractivity contribution is 0.649. The topological polar surface area (TPSA) is 33.1 Å². The van der Waals surface area contributed by atoms with E-state index in [-0.39, 0.29) is 0 Å². The molecule has 0 bridgehead atoms. The number of imidazole rings is 1. The summed E-state index contributed by atoms with van der Waals surface area (Å²) >= 11 is 0. The van der Waals surface area contributed by atoms with Crippen molar-refractivity contribution in [3.63, 3.8) is 0 Å². The van der Waals surface area contributed by atoms with Crippen LogP contribution in [0, 0.1) is 0 Å². The molecule has 1 aromatic rings. The number of nitrogens with zero attached hydrogens (tertiary/aromatic N) is 3. The first-order chi connectivity index (χ1) is 7.29. The summed E-state index contributed by atoms with van der Waals surface area (Å²) in [5.74, 6) is 1.05. The maximum absolute atomic E-state index is 4.35. The van der Waals surface area contributed by atoms with Crippen LogP contribution in [0.3, 0.4) is 0 Å². The lowest BCUT2D eigenvalue weighted by Gasteiger charge is -2.19. The summed E-state index contributed by atoms with van der Waals surface area (Å²) in [5.41, 5.74) is 0. The third-order valence-corrected chi connectivity index (χ3v) is 2.43. The summed E-state index contributed by atoms with van der Waals surface area (Å²) in [5, 5.41) is 3.39. The highest BCUT2D eigenvalue weighted by atomic mass is 15.3. The van der Waals surface area contributed by atoms with Gasteiger partial charge in [0.15, 0.2) is 0 Å². The fraction of sp³-hybridized carbons (Fsp3) is 0.727. The van der Waals surface area contributed by atoms with Crippen LogP contribution in [0.1, 0.15) is 20.3 Å². The highest BCUT2D eigenvalue weighted by molar-refractivity contribution is 5.29. The second-order valence-electron chi connectivity index (χ2n) is 3.68. The monoisotopic (exact) mass is 210 g/mol. The molecule has 0 radical (unpaired) electrons. The Kier molecular flexibility index (Phi) is 5.18. The average molecular weight is 210 g/mol. The van der Waals surface area contributed by atoms with Crippen molar-refractivity contribution < 1.29 is 0 Å². The summed E-state index contributed by atoms with van der Waals surface area (Å²) in [4.78, 5) is 6.53. The molecule has 0 saturated heterocycles. The predicted octanol–water partition coefficient (Wildman–Crippen LogP) is 1.34. The molecular formula is C11H22N4. The number of aryl methyl sites for hydroxylation is 1. The predicted molar refractivity (Wildman–Crippen MR) is 64.3 cm³/mol. The molecule has 4 heteroatoms. The zero-order valence-corrected chi connectivity index (χ0v) is 10.0. The Morgan fingerprint density at radius 1 is 1.40 bits per heavy atom. The molecule has 0 saturated carbocycles. The van der Waals surface area contributed by atoms with E-state index >= 15 is 0 Å². The minimum absolute atomic E-state index is 0.974. The fourth-order valence-electron chi connectivity index (χ4n) is 1.53. The second kappa shape index (κ2) is 6.45. The van der Waals surface area contributed by atoms with E-state index in [0.29, 0.717) is 0 Å². The zero-order chi connectivity index (χ0) is 11.1. The van der Waals surface area contributed by atoms with Gasteiger partial charge in [0.1, 0.15) is 0 Å². The molecule has 0 amide bonds. The first-order valence-electron chi connectivity index (χ1n) is 5.72. The van der Waals surface area contributed by atoms with Gasteiger partial charge in [-0.25, -0.2) is 4.98 Å². The molecule has 0 atom stereocenters. The first kappa shape index (κ1) is 12.0. The van der Waals surface area contributed by atoms with Crippen LogP contribution in [0.5, 0.6) is 0 Å². The molecule has 0 unspecified atom stereocenters. The van der Waals surface area contributed by atoms with Crippen molar-refractivity contribution in [2.24, 2.45) is 0 Å². The van der Waals surface area contributed by atoms with Crippen molar-refractivity contribution in [1.29, 1.82) is 0 Å². The minimum atomic E-state index is 0.974. The molecular weight excluding hydrogens is 188 g/mol. The number of likely N-dealkylation sites (N-methyl/N-ethyl adjacent to an activating group) is 1. The standard InChI is InChI=1S/C11H22N4/c1-4-6-12-7-9-14(3)11-13-8-10-15(11)5-2/h8,10,12H,4-7,9H2,1-3H3. The number of nitrogens with one attached hydrogen (secondary N) is 1. The number of hydrogen-bond donors (Lipinski definition) is 1. The van der Waals surface area contributed by atoms with Crippen LogP contribution in [-0.4, -0.2) is 36.2 Å². The molecule has 0 aliphatic heterocycles.